The van der Waals surface area contributed by atoms with E-state index in [1.807, 2.05) is 24.3 Å². The first-order chi connectivity index (χ1) is 12.0. The number of hydrogen-bond acceptors (Lipinski definition) is 4. The number of thioether (sulfide) groups is 1. The Labute approximate surface area is 150 Å². The van der Waals surface area contributed by atoms with Gasteiger partial charge < -0.3 is 10.4 Å². The Morgan fingerprint density at radius 3 is 2.44 bits per heavy atom. The SMILES string of the molecule is CC(=O)SCc1ccccc1CCC(=O)Nc1cccc(C(=O)O)c1. The van der Waals surface area contributed by atoms with Crippen molar-refractivity contribution < 1.29 is 19.5 Å². The maximum Gasteiger partial charge on any atom is 0.335 e. The molecule has 1 amide bonds. The number of aromatic carboxylic acids is 1. The van der Waals surface area contributed by atoms with E-state index in [0.29, 0.717) is 17.9 Å². The lowest BCUT2D eigenvalue weighted by Gasteiger charge is -2.09. The highest BCUT2D eigenvalue weighted by atomic mass is 32.2. The van der Waals surface area contributed by atoms with E-state index in [9.17, 15) is 14.4 Å². The smallest absolute Gasteiger partial charge is 0.335 e. The minimum Gasteiger partial charge on any atom is -0.478 e. The van der Waals surface area contributed by atoms with Crippen LogP contribution < -0.4 is 5.32 Å². The van der Waals surface area contributed by atoms with E-state index in [-0.39, 0.29) is 23.0 Å². The zero-order chi connectivity index (χ0) is 18.2. The highest BCUT2D eigenvalue weighted by Gasteiger charge is 2.09. The lowest BCUT2D eigenvalue weighted by molar-refractivity contribution is -0.116. The summed E-state index contributed by atoms with van der Waals surface area (Å²) >= 11 is 1.24. The molecule has 0 spiro atoms. The molecule has 0 saturated carbocycles. The molecule has 25 heavy (non-hydrogen) atoms. The number of hydrogen-bond donors (Lipinski definition) is 2. The Bertz CT molecular complexity index is 788. The first-order valence-corrected chi connectivity index (χ1v) is 8.77. The number of amides is 1. The van der Waals surface area contributed by atoms with Crippen molar-refractivity contribution >= 4 is 34.4 Å². The van der Waals surface area contributed by atoms with Crippen molar-refractivity contribution in [2.75, 3.05) is 5.32 Å². The highest BCUT2D eigenvalue weighted by Crippen LogP contribution is 2.19. The summed E-state index contributed by atoms with van der Waals surface area (Å²) in [6, 6.07) is 13.9. The van der Waals surface area contributed by atoms with Gasteiger partial charge in [0.2, 0.25) is 5.91 Å². The average Bonchev–Trinajstić information content (AvgIpc) is 2.59. The normalized spacial score (nSPS) is 10.3. The molecule has 0 radical (unpaired) electrons. The summed E-state index contributed by atoms with van der Waals surface area (Å²) in [6.07, 6.45) is 0.831. The molecule has 0 aliphatic heterocycles. The molecule has 0 atom stereocenters. The first-order valence-electron chi connectivity index (χ1n) is 7.79. The van der Waals surface area contributed by atoms with E-state index >= 15 is 0 Å². The number of carboxylic acid groups (broad SMARTS) is 1. The summed E-state index contributed by atoms with van der Waals surface area (Å²) in [5.74, 6) is -0.627. The molecule has 0 aliphatic rings. The second-order valence-electron chi connectivity index (χ2n) is 5.48. The van der Waals surface area contributed by atoms with Crippen LogP contribution in [0.15, 0.2) is 48.5 Å². The molecule has 0 heterocycles. The second kappa shape index (κ2) is 9.03. The number of aryl methyl sites for hydroxylation is 1. The predicted molar refractivity (Wildman–Crippen MR) is 98.8 cm³/mol. The molecule has 2 N–H and O–H groups in total. The summed E-state index contributed by atoms with van der Waals surface area (Å²) in [4.78, 5) is 34.2. The average molecular weight is 357 g/mol. The number of rotatable bonds is 7. The number of anilines is 1. The van der Waals surface area contributed by atoms with Crippen LogP contribution in [0.1, 0.15) is 34.8 Å². The van der Waals surface area contributed by atoms with Crippen LogP contribution in [-0.2, 0) is 21.8 Å². The van der Waals surface area contributed by atoms with Gasteiger partial charge in [0.15, 0.2) is 5.12 Å². The quantitative estimate of drug-likeness (QED) is 0.789. The van der Waals surface area contributed by atoms with Gasteiger partial charge in [-0.15, -0.1) is 0 Å². The molecule has 0 saturated heterocycles. The molecule has 5 nitrogen and oxygen atoms in total. The summed E-state index contributed by atoms with van der Waals surface area (Å²) in [5, 5.41) is 11.8. The Morgan fingerprint density at radius 2 is 1.76 bits per heavy atom. The van der Waals surface area contributed by atoms with Gasteiger partial charge in [0, 0.05) is 24.8 Å². The van der Waals surface area contributed by atoms with E-state index in [1.165, 1.54) is 30.8 Å². The molecule has 0 bridgehead atoms. The first kappa shape index (κ1) is 18.7. The Morgan fingerprint density at radius 1 is 1.04 bits per heavy atom. The Hall–Kier alpha value is -2.60. The summed E-state index contributed by atoms with van der Waals surface area (Å²) in [5.41, 5.74) is 2.67. The van der Waals surface area contributed by atoms with Crippen LogP contribution in [0.4, 0.5) is 5.69 Å². The van der Waals surface area contributed by atoms with E-state index in [0.717, 1.165) is 11.1 Å². The largest absolute Gasteiger partial charge is 0.478 e. The molecule has 0 aromatic heterocycles. The highest BCUT2D eigenvalue weighted by molar-refractivity contribution is 8.12. The number of carbonyl (C=O) groups excluding carboxylic acids is 2. The molecule has 2 aromatic rings. The van der Waals surface area contributed by atoms with E-state index in [2.05, 4.69) is 5.32 Å². The third kappa shape index (κ3) is 6.08. The van der Waals surface area contributed by atoms with Crippen molar-refractivity contribution in [3.8, 4) is 0 Å². The van der Waals surface area contributed by atoms with Gasteiger partial charge in [-0.25, -0.2) is 4.79 Å². The van der Waals surface area contributed by atoms with Crippen LogP contribution >= 0.6 is 11.8 Å². The molecule has 0 fully saturated rings. The summed E-state index contributed by atoms with van der Waals surface area (Å²) in [7, 11) is 0. The van der Waals surface area contributed by atoms with Crippen LogP contribution in [0, 0.1) is 0 Å². The number of carbonyl (C=O) groups is 3. The number of nitrogens with one attached hydrogen (secondary N) is 1. The molecule has 2 rings (SSSR count). The van der Waals surface area contributed by atoms with Crippen LogP contribution in [0.2, 0.25) is 0 Å². The van der Waals surface area contributed by atoms with E-state index in [4.69, 9.17) is 5.11 Å². The van der Waals surface area contributed by atoms with Crippen molar-refractivity contribution in [1.82, 2.24) is 0 Å². The minimum atomic E-state index is -1.03. The molecular formula is C19H19NO4S. The maximum absolute atomic E-state index is 12.1. The zero-order valence-corrected chi connectivity index (χ0v) is 14.6. The van der Waals surface area contributed by atoms with Crippen molar-refractivity contribution in [2.45, 2.75) is 25.5 Å². The van der Waals surface area contributed by atoms with E-state index in [1.54, 1.807) is 12.1 Å². The lowest BCUT2D eigenvalue weighted by atomic mass is 10.0. The van der Waals surface area contributed by atoms with Crippen LogP contribution in [0.3, 0.4) is 0 Å². The molecule has 130 valence electrons. The second-order valence-corrected chi connectivity index (χ2v) is 6.64. The fourth-order valence-electron chi connectivity index (χ4n) is 2.32. The Balaban J connectivity index is 1.95. The van der Waals surface area contributed by atoms with Crippen LogP contribution in [-0.4, -0.2) is 22.1 Å². The standard InChI is InChI=1S/C19H19NO4S/c1-13(21)25-12-16-6-3-2-5-14(16)9-10-18(22)20-17-8-4-7-15(11-17)19(23)24/h2-8,11H,9-10,12H2,1H3,(H,20,22)(H,23,24). The third-order valence-corrected chi connectivity index (χ3v) is 4.43. The topological polar surface area (TPSA) is 83.5 Å². The van der Waals surface area contributed by atoms with Gasteiger partial charge in [0.1, 0.15) is 0 Å². The summed E-state index contributed by atoms with van der Waals surface area (Å²) < 4.78 is 0. The molecule has 0 unspecified atom stereocenters. The van der Waals surface area contributed by atoms with Crippen molar-refractivity contribution in [3.05, 3.63) is 65.2 Å². The monoisotopic (exact) mass is 357 g/mol. The third-order valence-electron chi connectivity index (χ3n) is 3.56. The fourth-order valence-corrected chi connectivity index (χ4v) is 2.96. The lowest BCUT2D eigenvalue weighted by Crippen LogP contribution is -2.13. The van der Waals surface area contributed by atoms with Gasteiger partial charge in [-0.3, -0.25) is 9.59 Å². The Kier molecular flexibility index (Phi) is 6.77. The molecule has 2 aromatic carbocycles. The van der Waals surface area contributed by atoms with Gasteiger partial charge in [0.05, 0.1) is 5.56 Å². The van der Waals surface area contributed by atoms with Gasteiger partial charge in [-0.05, 0) is 35.7 Å². The van der Waals surface area contributed by atoms with Gasteiger partial charge in [0.25, 0.3) is 0 Å². The zero-order valence-electron chi connectivity index (χ0n) is 13.8. The van der Waals surface area contributed by atoms with Crippen LogP contribution in [0.25, 0.3) is 0 Å². The van der Waals surface area contributed by atoms with Crippen LogP contribution in [0.5, 0.6) is 0 Å². The maximum atomic E-state index is 12.1. The minimum absolute atomic E-state index is 0.0610. The predicted octanol–water partition coefficient (Wildman–Crippen LogP) is 3.74. The van der Waals surface area contributed by atoms with Gasteiger partial charge >= 0.3 is 5.97 Å². The van der Waals surface area contributed by atoms with E-state index < -0.39 is 5.97 Å². The molecule has 6 heteroatoms. The fraction of sp³-hybridized carbons (Fsp3) is 0.211. The number of benzene rings is 2. The van der Waals surface area contributed by atoms with Gasteiger partial charge in [-0.2, -0.15) is 0 Å². The molecule has 0 aliphatic carbocycles. The van der Waals surface area contributed by atoms with Crippen molar-refractivity contribution in [2.24, 2.45) is 0 Å². The van der Waals surface area contributed by atoms with Crippen molar-refractivity contribution in [3.63, 3.8) is 0 Å². The van der Waals surface area contributed by atoms with Gasteiger partial charge in [-0.1, -0.05) is 42.1 Å². The molecular weight excluding hydrogens is 338 g/mol. The van der Waals surface area contributed by atoms with Crippen molar-refractivity contribution in [1.29, 1.82) is 0 Å². The summed E-state index contributed by atoms with van der Waals surface area (Å²) in [6.45, 7) is 1.53. The number of carboxylic acids is 1.